The minimum atomic E-state index is -0.113. The van der Waals surface area contributed by atoms with Gasteiger partial charge in [-0.2, -0.15) is 10.2 Å². The smallest absolute Gasteiger partial charge is 0.254 e. The number of carbonyl (C=O) groups excluding carboxylic acids is 1. The normalized spacial score (nSPS) is 11.0. The Bertz CT molecular complexity index is 833. The SMILES string of the molecule is Cc1cc(-c2cc[nH]n2)ccc1CNC(=O)c1cnn(C(C)C)c1. The van der Waals surface area contributed by atoms with Crippen molar-refractivity contribution in [2.45, 2.75) is 33.4 Å². The number of aromatic amines is 1. The first-order chi connectivity index (χ1) is 11.5. The fourth-order valence-electron chi connectivity index (χ4n) is 2.49. The number of H-pyrrole nitrogens is 1. The topological polar surface area (TPSA) is 75.6 Å². The number of carbonyl (C=O) groups is 1. The molecule has 0 atom stereocenters. The van der Waals surface area contributed by atoms with E-state index in [4.69, 9.17) is 0 Å². The lowest BCUT2D eigenvalue weighted by atomic mass is 10.0. The third-order valence-corrected chi connectivity index (χ3v) is 3.97. The van der Waals surface area contributed by atoms with Crippen LogP contribution in [0.3, 0.4) is 0 Å². The van der Waals surface area contributed by atoms with Gasteiger partial charge in [0.2, 0.25) is 0 Å². The number of nitrogens with one attached hydrogen (secondary N) is 2. The van der Waals surface area contributed by atoms with Gasteiger partial charge in [0.15, 0.2) is 0 Å². The Kier molecular flexibility index (Phi) is 4.46. The van der Waals surface area contributed by atoms with E-state index in [1.165, 1.54) is 0 Å². The molecule has 2 N–H and O–H groups in total. The minimum Gasteiger partial charge on any atom is -0.348 e. The molecule has 124 valence electrons. The van der Waals surface area contributed by atoms with Gasteiger partial charge in [-0.15, -0.1) is 0 Å². The maximum absolute atomic E-state index is 12.2. The van der Waals surface area contributed by atoms with E-state index in [0.717, 1.165) is 22.4 Å². The van der Waals surface area contributed by atoms with Gasteiger partial charge in [0.05, 0.1) is 17.5 Å². The van der Waals surface area contributed by atoms with Crippen molar-refractivity contribution in [3.8, 4) is 11.3 Å². The largest absolute Gasteiger partial charge is 0.348 e. The van der Waals surface area contributed by atoms with Gasteiger partial charge in [-0.05, 0) is 44.0 Å². The second-order valence-electron chi connectivity index (χ2n) is 6.09. The molecule has 0 radical (unpaired) electrons. The highest BCUT2D eigenvalue weighted by Crippen LogP contribution is 2.20. The van der Waals surface area contributed by atoms with Crippen molar-refractivity contribution in [2.75, 3.05) is 0 Å². The van der Waals surface area contributed by atoms with Crippen LogP contribution in [0.1, 0.15) is 41.4 Å². The number of nitrogens with zero attached hydrogens (tertiary/aromatic N) is 3. The average Bonchev–Trinajstić information content (AvgIpc) is 3.24. The summed E-state index contributed by atoms with van der Waals surface area (Å²) < 4.78 is 1.78. The molecule has 6 heteroatoms. The zero-order valence-corrected chi connectivity index (χ0v) is 14.1. The summed E-state index contributed by atoms with van der Waals surface area (Å²) in [6.45, 7) is 6.57. The summed E-state index contributed by atoms with van der Waals surface area (Å²) in [5, 5.41) is 14.1. The van der Waals surface area contributed by atoms with Crippen LogP contribution in [0.4, 0.5) is 0 Å². The van der Waals surface area contributed by atoms with Crippen LogP contribution in [0.5, 0.6) is 0 Å². The van der Waals surface area contributed by atoms with Gasteiger partial charge in [-0.1, -0.05) is 12.1 Å². The summed E-state index contributed by atoms with van der Waals surface area (Å²) in [6.07, 6.45) is 5.17. The van der Waals surface area contributed by atoms with E-state index < -0.39 is 0 Å². The first-order valence-corrected chi connectivity index (χ1v) is 7.96. The molecule has 3 aromatic rings. The number of rotatable bonds is 5. The molecule has 1 aromatic carbocycles. The number of benzene rings is 1. The van der Waals surface area contributed by atoms with Crippen LogP contribution in [0.2, 0.25) is 0 Å². The summed E-state index contributed by atoms with van der Waals surface area (Å²) in [4.78, 5) is 12.2. The molecule has 6 nitrogen and oxygen atoms in total. The number of hydrogen-bond donors (Lipinski definition) is 2. The van der Waals surface area contributed by atoms with Gasteiger partial charge in [0.25, 0.3) is 5.91 Å². The van der Waals surface area contributed by atoms with E-state index in [9.17, 15) is 4.79 Å². The standard InChI is InChI=1S/C18H21N5O/c1-12(2)23-11-16(10-21-23)18(24)19-9-15-5-4-14(8-13(15)3)17-6-7-20-22-17/h4-8,10-12H,9H2,1-3H3,(H,19,24)(H,20,22). The molecule has 2 heterocycles. The van der Waals surface area contributed by atoms with Crippen molar-refractivity contribution in [2.24, 2.45) is 0 Å². The van der Waals surface area contributed by atoms with Crippen molar-refractivity contribution in [1.29, 1.82) is 0 Å². The zero-order chi connectivity index (χ0) is 17.1. The van der Waals surface area contributed by atoms with E-state index >= 15 is 0 Å². The Hall–Kier alpha value is -2.89. The van der Waals surface area contributed by atoms with Crippen LogP contribution < -0.4 is 5.32 Å². The van der Waals surface area contributed by atoms with Gasteiger partial charge in [0, 0.05) is 30.5 Å². The number of hydrogen-bond acceptors (Lipinski definition) is 3. The quantitative estimate of drug-likeness (QED) is 0.757. The predicted octanol–water partition coefficient (Wildman–Crippen LogP) is 3.09. The van der Waals surface area contributed by atoms with Crippen LogP contribution >= 0.6 is 0 Å². The van der Waals surface area contributed by atoms with E-state index in [1.54, 1.807) is 23.3 Å². The monoisotopic (exact) mass is 323 g/mol. The lowest BCUT2D eigenvalue weighted by molar-refractivity contribution is 0.0951. The predicted molar refractivity (Wildman–Crippen MR) is 92.5 cm³/mol. The summed E-state index contributed by atoms with van der Waals surface area (Å²) in [5.74, 6) is -0.113. The molecule has 0 spiro atoms. The maximum Gasteiger partial charge on any atom is 0.254 e. The third-order valence-electron chi connectivity index (χ3n) is 3.97. The van der Waals surface area contributed by atoms with Gasteiger partial charge in [-0.25, -0.2) is 0 Å². The van der Waals surface area contributed by atoms with Gasteiger partial charge < -0.3 is 5.32 Å². The van der Waals surface area contributed by atoms with E-state index in [2.05, 4.69) is 26.7 Å². The molecular formula is C18H21N5O. The van der Waals surface area contributed by atoms with Crippen molar-refractivity contribution >= 4 is 5.91 Å². The van der Waals surface area contributed by atoms with E-state index in [0.29, 0.717) is 12.1 Å². The first kappa shape index (κ1) is 16.0. The molecule has 0 bridgehead atoms. The Labute approximate surface area is 140 Å². The lowest BCUT2D eigenvalue weighted by Crippen LogP contribution is -2.22. The van der Waals surface area contributed by atoms with Crippen LogP contribution in [0, 0.1) is 6.92 Å². The zero-order valence-electron chi connectivity index (χ0n) is 14.1. The molecule has 0 aliphatic heterocycles. The molecule has 0 aliphatic carbocycles. The molecule has 0 saturated heterocycles. The summed E-state index contributed by atoms with van der Waals surface area (Å²) in [7, 11) is 0. The van der Waals surface area contributed by atoms with Crippen LogP contribution in [0.25, 0.3) is 11.3 Å². The first-order valence-electron chi connectivity index (χ1n) is 7.96. The van der Waals surface area contributed by atoms with Crippen LogP contribution in [-0.2, 0) is 6.54 Å². The number of amides is 1. The Morgan fingerprint density at radius 3 is 2.79 bits per heavy atom. The van der Waals surface area contributed by atoms with E-state index in [-0.39, 0.29) is 11.9 Å². The van der Waals surface area contributed by atoms with E-state index in [1.807, 2.05) is 39.0 Å². The molecule has 0 unspecified atom stereocenters. The van der Waals surface area contributed by atoms with Gasteiger partial charge in [0.1, 0.15) is 0 Å². The summed E-state index contributed by atoms with van der Waals surface area (Å²) >= 11 is 0. The molecule has 0 fully saturated rings. The van der Waals surface area contributed by atoms with Crippen molar-refractivity contribution < 1.29 is 4.79 Å². The second kappa shape index (κ2) is 6.70. The fourth-order valence-corrected chi connectivity index (χ4v) is 2.49. The van der Waals surface area contributed by atoms with Crippen molar-refractivity contribution in [3.05, 3.63) is 59.5 Å². The Morgan fingerprint density at radius 1 is 1.33 bits per heavy atom. The highest BCUT2D eigenvalue weighted by atomic mass is 16.1. The molecular weight excluding hydrogens is 302 g/mol. The Morgan fingerprint density at radius 2 is 2.17 bits per heavy atom. The lowest BCUT2D eigenvalue weighted by Gasteiger charge is -2.09. The second-order valence-corrected chi connectivity index (χ2v) is 6.09. The molecule has 1 amide bonds. The molecule has 0 aliphatic rings. The highest BCUT2D eigenvalue weighted by molar-refractivity contribution is 5.93. The summed E-state index contributed by atoms with van der Waals surface area (Å²) in [6, 6.07) is 8.29. The van der Waals surface area contributed by atoms with Crippen LogP contribution in [0.15, 0.2) is 42.9 Å². The number of aromatic nitrogens is 4. The minimum absolute atomic E-state index is 0.113. The fraction of sp³-hybridized carbons (Fsp3) is 0.278. The molecule has 0 saturated carbocycles. The Balaban J connectivity index is 1.66. The number of aryl methyl sites for hydroxylation is 1. The third kappa shape index (κ3) is 3.37. The van der Waals surface area contributed by atoms with Crippen molar-refractivity contribution in [3.63, 3.8) is 0 Å². The maximum atomic E-state index is 12.2. The highest BCUT2D eigenvalue weighted by Gasteiger charge is 2.11. The van der Waals surface area contributed by atoms with Gasteiger partial charge >= 0.3 is 0 Å². The molecule has 2 aromatic heterocycles. The van der Waals surface area contributed by atoms with Gasteiger partial charge in [-0.3, -0.25) is 14.6 Å². The molecule has 24 heavy (non-hydrogen) atoms. The molecule has 3 rings (SSSR count). The van der Waals surface area contributed by atoms with Crippen molar-refractivity contribution in [1.82, 2.24) is 25.3 Å². The average molecular weight is 323 g/mol. The van der Waals surface area contributed by atoms with Crippen LogP contribution in [-0.4, -0.2) is 25.9 Å². The summed E-state index contributed by atoms with van der Waals surface area (Å²) in [5.41, 5.74) is 4.75.